The van der Waals surface area contributed by atoms with Crippen LogP contribution in [0, 0.1) is 0 Å². The molecule has 0 N–H and O–H groups in total. The molecule has 0 fully saturated rings. The van der Waals surface area contributed by atoms with Gasteiger partial charge >= 0.3 is 6.18 Å². The summed E-state index contributed by atoms with van der Waals surface area (Å²) in [6.07, 6.45) is -3.33. The van der Waals surface area contributed by atoms with Crippen LogP contribution in [0.15, 0.2) is 70.6 Å². The second kappa shape index (κ2) is 10.3. The minimum absolute atomic E-state index is 0.0373. The van der Waals surface area contributed by atoms with E-state index in [9.17, 15) is 18.0 Å². The number of rotatable bonds is 7. The van der Waals surface area contributed by atoms with Gasteiger partial charge in [-0.05, 0) is 50.2 Å². The average Bonchev–Trinajstić information content (AvgIpc) is 2.87. The highest BCUT2D eigenvalue weighted by molar-refractivity contribution is 5.84. The molecular formula is C27H24F3N3O4. The lowest BCUT2D eigenvalue weighted by atomic mass is 10.1. The molecule has 10 heteroatoms. The zero-order valence-corrected chi connectivity index (χ0v) is 20.5. The lowest BCUT2D eigenvalue weighted by molar-refractivity contribution is -0.137. The van der Waals surface area contributed by atoms with Crippen molar-refractivity contribution in [3.63, 3.8) is 0 Å². The van der Waals surface area contributed by atoms with Crippen molar-refractivity contribution in [1.82, 2.24) is 9.66 Å². The largest absolute Gasteiger partial charge is 0.493 e. The van der Waals surface area contributed by atoms with Crippen LogP contribution in [0.1, 0.15) is 25.0 Å². The molecule has 0 radical (unpaired) electrons. The van der Waals surface area contributed by atoms with Crippen molar-refractivity contribution in [1.29, 1.82) is 0 Å². The first-order valence-electron chi connectivity index (χ1n) is 11.3. The minimum Gasteiger partial charge on any atom is -0.493 e. The first-order chi connectivity index (χ1) is 17.6. The number of fused-ring (bicyclic) bond motifs is 1. The molecule has 7 nitrogen and oxygen atoms in total. The highest BCUT2D eigenvalue weighted by atomic mass is 19.4. The van der Waals surface area contributed by atoms with E-state index in [4.69, 9.17) is 14.2 Å². The molecule has 0 atom stereocenters. The van der Waals surface area contributed by atoms with E-state index in [0.29, 0.717) is 28.3 Å². The molecule has 4 rings (SSSR count). The van der Waals surface area contributed by atoms with E-state index in [1.807, 2.05) is 13.8 Å². The van der Waals surface area contributed by atoms with Gasteiger partial charge in [-0.3, -0.25) is 4.79 Å². The molecule has 0 bridgehead atoms. The van der Waals surface area contributed by atoms with E-state index >= 15 is 0 Å². The van der Waals surface area contributed by atoms with Crippen LogP contribution < -0.4 is 19.8 Å². The monoisotopic (exact) mass is 511 g/mol. The molecule has 0 aliphatic heterocycles. The van der Waals surface area contributed by atoms with Gasteiger partial charge in [0.05, 0.1) is 43.0 Å². The van der Waals surface area contributed by atoms with Crippen molar-refractivity contribution >= 4 is 17.1 Å². The number of halogens is 3. The molecule has 0 saturated heterocycles. The summed E-state index contributed by atoms with van der Waals surface area (Å²) >= 11 is 0. The molecule has 0 amide bonds. The SMILES string of the molecule is COc1cc(C=Nn2c(-c3cccc(C(F)(F)F)c3)nc3ccccc3c2=O)cc(OC)c1OC(C)C. The fraction of sp³-hybridized carbons (Fsp3) is 0.222. The van der Waals surface area contributed by atoms with E-state index in [1.54, 1.807) is 36.4 Å². The third kappa shape index (κ3) is 5.42. The third-order valence-electron chi connectivity index (χ3n) is 5.36. The lowest BCUT2D eigenvalue weighted by Gasteiger charge is -2.17. The van der Waals surface area contributed by atoms with Crippen molar-refractivity contribution in [2.24, 2.45) is 5.10 Å². The van der Waals surface area contributed by atoms with Gasteiger partial charge in [0.2, 0.25) is 5.75 Å². The van der Waals surface area contributed by atoms with Crippen molar-refractivity contribution in [2.45, 2.75) is 26.1 Å². The zero-order chi connectivity index (χ0) is 26.7. The quantitative estimate of drug-likeness (QED) is 0.295. The van der Waals surface area contributed by atoms with Crippen LogP contribution in [0.3, 0.4) is 0 Å². The maximum atomic E-state index is 13.4. The van der Waals surface area contributed by atoms with Crippen molar-refractivity contribution in [3.8, 4) is 28.6 Å². The molecule has 0 saturated carbocycles. The summed E-state index contributed by atoms with van der Waals surface area (Å²) in [7, 11) is 2.96. The first-order valence-corrected chi connectivity index (χ1v) is 11.3. The number of para-hydroxylation sites is 1. The summed E-state index contributed by atoms with van der Waals surface area (Å²) < 4.78 is 57.8. The summed E-state index contributed by atoms with van der Waals surface area (Å²) in [6.45, 7) is 3.73. The number of hydrogen-bond acceptors (Lipinski definition) is 6. The molecule has 1 heterocycles. The number of nitrogens with zero attached hydrogens (tertiary/aromatic N) is 3. The van der Waals surface area contributed by atoms with Crippen LogP contribution in [0.2, 0.25) is 0 Å². The van der Waals surface area contributed by atoms with Gasteiger partial charge in [0.1, 0.15) is 0 Å². The van der Waals surface area contributed by atoms with Crippen LogP contribution in [0.4, 0.5) is 13.2 Å². The van der Waals surface area contributed by atoms with Gasteiger partial charge in [0.25, 0.3) is 5.56 Å². The highest BCUT2D eigenvalue weighted by Crippen LogP contribution is 2.39. The second-order valence-electron chi connectivity index (χ2n) is 8.31. The third-order valence-corrected chi connectivity index (χ3v) is 5.36. The summed E-state index contributed by atoms with van der Waals surface area (Å²) in [6, 6.07) is 14.5. The van der Waals surface area contributed by atoms with Crippen LogP contribution in [0.5, 0.6) is 17.2 Å². The topological polar surface area (TPSA) is 74.9 Å². The number of ether oxygens (including phenoxy) is 3. The summed E-state index contributed by atoms with van der Waals surface area (Å²) in [5, 5.41) is 4.59. The molecule has 3 aromatic carbocycles. The smallest absolute Gasteiger partial charge is 0.416 e. The maximum absolute atomic E-state index is 13.4. The summed E-state index contributed by atoms with van der Waals surface area (Å²) in [4.78, 5) is 17.8. The van der Waals surface area contributed by atoms with Gasteiger partial charge in [0.15, 0.2) is 17.3 Å². The number of aromatic nitrogens is 2. The lowest BCUT2D eigenvalue weighted by Crippen LogP contribution is -2.20. The maximum Gasteiger partial charge on any atom is 0.416 e. The Labute approximate surface area is 210 Å². The van der Waals surface area contributed by atoms with Gasteiger partial charge in [-0.1, -0.05) is 24.3 Å². The Morgan fingerprint density at radius 2 is 1.65 bits per heavy atom. The minimum atomic E-state index is -4.56. The molecule has 0 spiro atoms. The van der Waals surface area contributed by atoms with Crippen LogP contribution in [0.25, 0.3) is 22.3 Å². The van der Waals surface area contributed by atoms with Gasteiger partial charge in [-0.25, -0.2) is 4.98 Å². The molecular weight excluding hydrogens is 487 g/mol. The predicted molar refractivity (Wildman–Crippen MR) is 135 cm³/mol. The molecule has 4 aromatic rings. The zero-order valence-electron chi connectivity index (χ0n) is 20.5. The van der Waals surface area contributed by atoms with Crippen LogP contribution >= 0.6 is 0 Å². The fourth-order valence-electron chi connectivity index (χ4n) is 3.70. The molecule has 192 valence electrons. The molecule has 0 aliphatic carbocycles. The van der Waals surface area contributed by atoms with Gasteiger partial charge in [-0.2, -0.15) is 22.9 Å². The fourth-order valence-corrected chi connectivity index (χ4v) is 3.70. The Hall–Kier alpha value is -4.34. The van der Waals surface area contributed by atoms with E-state index in [0.717, 1.165) is 16.8 Å². The Balaban J connectivity index is 1.89. The standard InChI is InChI=1S/C27H24F3N3O4/c1-16(2)37-24-22(35-3)12-17(13-23(24)36-4)15-31-33-25(18-8-7-9-19(14-18)27(28,29)30)32-21-11-6-5-10-20(21)26(33)34/h5-16H,1-4H3. The number of benzene rings is 3. The first kappa shape index (κ1) is 25.7. The van der Waals surface area contributed by atoms with Crippen molar-refractivity contribution < 1.29 is 27.4 Å². The van der Waals surface area contributed by atoms with Crippen molar-refractivity contribution in [2.75, 3.05) is 14.2 Å². The Kier molecular flexibility index (Phi) is 7.19. The normalized spacial score (nSPS) is 11.9. The molecule has 0 unspecified atom stereocenters. The predicted octanol–water partition coefficient (Wildman–Crippen LogP) is 5.77. The van der Waals surface area contributed by atoms with Crippen LogP contribution in [-0.4, -0.2) is 36.2 Å². The summed E-state index contributed by atoms with van der Waals surface area (Å²) in [5.41, 5.74) is -0.471. The number of hydrogen-bond donors (Lipinski definition) is 0. The highest BCUT2D eigenvalue weighted by Gasteiger charge is 2.31. The number of methoxy groups -OCH3 is 2. The van der Waals surface area contributed by atoms with Gasteiger partial charge in [-0.15, -0.1) is 0 Å². The van der Waals surface area contributed by atoms with Crippen molar-refractivity contribution in [3.05, 3.63) is 82.1 Å². The van der Waals surface area contributed by atoms with Gasteiger partial charge < -0.3 is 14.2 Å². The van der Waals surface area contributed by atoms with E-state index in [2.05, 4.69) is 10.1 Å². The summed E-state index contributed by atoms with van der Waals surface area (Å²) in [5.74, 6) is 1.14. The molecule has 1 aromatic heterocycles. The molecule has 37 heavy (non-hydrogen) atoms. The Morgan fingerprint density at radius 3 is 2.27 bits per heavy atom. The average molecular weight is 512 g/mol. The molecule has 0 aliphatic rings. The Bertz CT molecular complexity index is 1500. The van der Waals surface area contributed by atoms with Crippen LogP contribution in [-0.2, 0) is 6.18 Å². The van der Waals surface area contributed by atoms with E-state index in [-0.39, 0.29) is 22.9 Å². The van der Waals surface area contributed by atoms with E-state index in [1.165, 1.54) is 32.6 Å². The number of alkyl halides is 3. The van der Waals surface area contributed by atoms with Gasteiger partial charge in [0, 0.05) is 11.1 Å². The Morgan fingerprint density at radius 1 is 0.973 bits per heavy atom. The van der Waals surface area contributed by atoms with E-state index < -0.39 is 17.3 Å². The second-order valence-corrected chi connectivity index (χ2v) is 8.31.